The summed E-state index contributed by atoms with van der Waals surface area (Å²) in [7, 11) is 1.31. The van der Waals surface area contributed by atoms with Gasteiger partial charge in [0.1, 0.15) is 46.9 Å². The average Bonchev–Trinajstić information content (AvgIpc) is 3.05. The van der Waals surface area contributed by atoms with Crippen molar-refractivity contribution >= 4 is 49.5 Å². The number of carbonyl (C=O) groups excluding carboxylic acids is 1. The van der Waals surface area contributed by atoms with Gasteiger partial charge in [-0.2, -0.15) is 0 Å². The lowest BCUT2D eigenvalue weighted by Crippen LogP contribution is -2.64. The number of aliphatic hydroxyl groups excluding tert-OH is 3. The number of aryl methyl sites for hydroxylation is 1. The Labute approximate surface area is 276 Å². The van der Waals surface area contributed by atoms with Crippen molar-refractivity contribution in [3.63, 3.8) is 0 Å². The van der Waals surface area contributed by atoms with Crippen LogP contribution in [0, 0.1) is 6.92 Å². The van der Waals surface area contributed by atoms with Gasteiger partial charge < -0.3 is 57.7 Å². The molecule has 0 bridgehead atoms. The number of ether oxygens (including phenoxy) is 6. The Balaban J connectivity index is 1.34. The predicted molar refractivity (Wildman–Crippen MR) is 170 cm³/mol. The number of methoxy groups -OCH3 is 1. The second kappa shape index (κ2) is 12.2. The lowest BCUT2D eigenvalue weighted by Gasteiger charge is -2.46. The summed E-state index contributed by atoms with van der Waals surface area (Å²) in [6.07, 6.45) is -13.0. The van der Waals surface area contributed by atoms with Gasteiger partial charge in [0.05, 0.1) is 23.0 Å². The summed E-state index contributed by atoms with van der Waals surface area (Å²) >= 11 is 0. The van der Waals surface area contributed by atoms with Crippen LogP contribution in [-0.4, -0.2) is 94.9 Å². The van der Waals surface area contributed by atoms with E-state index >= 15 is 0 Å². The Kier molecular flexibility index (Phi) is 8.26. The fraction of sp³-hybridized carbons (Fsp3) is 0.441. The van der Waals surface area contributed by atoms with Crippen LogP contribution in [0.15, 0.2) is 48.8 Å². The Morgan fingerprint density at radius 2 is 1.49 bits per heavy atom. The molecule has 0 unspecified atom stereocenters. The van der Waals surface area contributed by atoms with Crippen molar-refractivity contribution in [3.8, 4) is 11.5 Å². The molecule has 15 nitrogen and oxygen atoms in total. The van der Waals surface area contributed by atoms with Gasteiger partial charge in [-0.1, -0.05) is 18.2 Å². The number of benzene rings is 3. The first-order valence-electron chi connectivity index (χ1n) is 15.6. The maximum Gasteiger partial charge on any atom is 0.348 e. The first kappa shape index (κ1) is 33.2. The van der Waals surface area contributed by atoms with Crippen molar-refractivity contribution < 1.29 is 62.5 Å². The predicted octanol–water partition coefficient (Wildman–Crippen LogP) is 1.94. The third-order valence-corrected chi connectivity index (χ3v) is 9.30. The molecule has 4 heterocycles. The van der Waals surface area contributed by atoms with Gasteiger partial charge in [0.25, 0.3) is 0 Å². The van der Waals surface area contributed by atoms with Crippen molar-refractivity contribution in [1.82, 2.24) is 0 Å². The largest absolute Gasteiger partial charge is 0.506 e. The van der Waals surface area contributed by atoms with Crippen molar-refractivity contribution in [1.29, 1.82) is 0 Å². The summed E-state index contributed by atoms with van der Waals surface area (Å²) in [5.41, 5.74) is -0.944. The van der Waals surface area contributed by atoms with Crippen LogP contribution in [0.2, 0.25) is 0 Å². The zero-order chi connectivity index (χ0) is 35.0. The van der Waals surface area contributed by atoms with E-state index in [9.17, 15) is 34.8 Å². The van der Waals surface area contributed by atoms with E-state index in [4.69, 9.17) is 37.3 Å². The molecule has 49 heavy (non-hydrogen) atoms. The molecule has 0 amide bonds. The number of rotatable bonds is 6. The Morgan fingerprint density at radius 1 is 0.776 bits per heavy atom. The van der Waals surface area contributed by atoms with Crippen LogP contribution in [0.3, 0.4) is 0 Å². The molecule has 0 saturated carbocycles. The van der Waals surface area contributed by atoms with E-state index in [1.54, 1.807) is 26.0 Å². The molecule has 2 aliphatic rings. The van der Waals surface area contributed by atoms with Gasteiger partial charge in [-0.3, -0.25) is 4.79 Å². The zero-order valence-electron chi connectivity index (χ0n) is 26.9. The number of aromatic hydroxyl groups is 1. The highest BCUT2D eigenvalue weighted by molar-refractivity contribution is 6.28. The minimum absolute atomic E-state index is 0.00690. The lowest BCUT2D eigenvalue weighted by molar-refractivity contribution is -0.353. The van der Waals surface area contributed by atoms with Crippen molar-refractivity contribution in [3.05, 3.63) is 56.7 Å². The molecule has 260 valence electrons. The van der Waals surface area contributed by atoms with E-state index in [1.165, 1.54) is 39.2 Å². The number of hydrogen-bond acceptors (Lipinski definition) is 15. The topological polar surface area (TPSA) is 214 Å². The van der Waals surface area contributed by atoms with Crippen molar-refractivity contribution in [2.24, 2.45) is 0 Å². The zero-order valence-corrected chi connectivity index (χ0v) is 26.9. The van der Waals surface area contributed by atoms with Gasteiger partial charge in [0.2, 0.25) is 6.29 Å². The third kappa shape index (κ3) is 5.20. The summed E-state index contributed by atoms with van der Waals surface area (Å²) in [6, 6.07) is 7.67. The van der Waals surface area contributed by atoms with Crippen LogP contribution >= 0.6 is 0 Å². The first-order chi connectivity index (χ1) is 23.3. The van der Waals surface area contributed by atoms with Gasteiger partial charge in [-0.25, -0.2) is 9.59 Å². The molecule has 5 aromatic rings. The minimum Gasteiger partial charge on any atom is -0.506 e. The quantitative estimate of drug-likeness (QED) is 0.0872. The number of carbonyl (C=O) groups is 1. The van der Waals surface area contributed by atoms with Gasteiger partial charge in [-0.05, 0) is 38.5 Å². The van der Waals surface area contributed by atoms with E-state index in [2.05, 4.69) is 0 Å². The van der Waals surface area contributed by atoms with Gasteiger partial charge >= 0.3 is 17.2 Å². The maximum atomic E-state index is 13.4. The van der Waals surface area contributed by atoms with E-state index in [0.717, 1.165) is 0 Å². The van der Waals surface area contributed by atoms with Crippen LogP contribution in [0.25, 0.3) is 43.5 Å². The molecule has 3 aromatic carbocycles. The highest BCUT2D eigenvalue weighted by Gasteiger charge is 2.51. The number of esters is 1. The molecular formula is C34H34O15. The third-order valence-electron chi connectivity index (χ3n) is 9.30. The van der Waals surface area contributed by atoms with Crippen LogP contribution in [0.1, 0.15) is 26.3 Å². The fourth-order valence-corrected chi connectivity index (χ4v) is 6.92. The average molecular weight is 683 g/mol. The van der Waals surface area contributed by atoms with Crippen LogP contribution in [0.5, 0.6) is 11.5 Å². The van der Waals surface area contributed by atoms with Crippen LogP contribution in [-0.2, 0) is 28.5 Å². The SMILES string of the molecule is CO[C@@H]1[C@@H](O)[C@@H](O[C@H]2[C@H](Oc3cccc4c(O)c5c(=O)oc6ccc(C)c7c(=O)oc(c34)c5c67)O[C@H](C)[C@H](O)[C@@H]2O)O[C@H](C)[C@@H]1OC(C)=O. The number of hydrogen-bond donors (Lipinski definition) is 4. The minimum atomic E-state index is -1.63. The normalized spacial score (nSPS) is 30.8. The molecule has 7 rings (SSSR count). The molecule has 15 heteroatoms. The van der Waals surface area contributed by atoms with Gasteiger partial charge in [-0.15, -0.1) is 0 Å². The number of phenolic OH excluding ortho intramolecular Hbond substituents is 1. The van der Waals surface area contributed by atoms with Crippen LogP contribution in [0.4, 0.5) is 0 Å². The van der Waals surface area contributed by atoms with E-state index in [-0.39, 0.29) is 49.2 Å². The summed E-state index contributed by atoms with van der Waals surface area (Å²) < 4.78 is 46.2. The summed E-state index contributed by atoms with van der Waals surface area (Å²) in [4.78, 5) is 38.3. The van der Waals surface area contributed by atoms with E-state index < -0.39 is 84.4 Å². The Hall–Kier alpha value is -4.35. The fourth-order valence-electron chi connectivity index (χ4n) is 6.92. The molecule has 10 atom stereocenters. The molecule has 2 aliphatic heterocycles. The summed E-state index contributed by atoms with van der Waals surface area (Å²) in [5, 5.41) is 45.2. The Bertz CT molecular complexity index is 2190. The molecule has 2 aromatic heterocycles. The number of phenols is 1. The molecule has 2 saturated heterocycles. The highest BCUT2D eigenvalue weighted by atomic mass is 16.8. The molecule has 0 spiro atoms. The maximum absolute atomic E-state index is 13.4. The second-order valence-corrected chi connectivity index (χ2v) is 12.4. The first-order valence-corrected chi connectivity index (χ1v) is 15.6. The molecular weight excluding hydrogens is 648 g/mol. The smallest absolute Gasteiger partial charge is 0.348 e. The Morgan fingerprint density at radius 3 is 2.20 bits per heavy atom. The molecule has 2 fully saturated rings. The van der Waals surface area contributed by atoms with Gasteiger partial charge in [0.15, 0.2) is 24.1 Å². The van der Waals surface area contributed by atoms with Crippen molar-refractivity contribution in [2.45, 2.75) is 89.1 Å². The van der Waals surface area contributed by atoms with E-state index in [0.29, 0.717) is 5.56 Å². The summed E-state index contributed by atoms with van der Waals surface area (Å²) in [5.74, 6) is -1.07. The number of fused-ring (bicyclic) bond motifs is 2. The van der Waals surface area contributed by atoms with E-state index in [1.807, 2.05) is 0 Å². The lowest BCUT2D eigenvalue weighted by atomic mass is 9.95. The molecule has 0 radical (unpaired) electrons. The summed E-state index contributed by atoms with van der Waals surface area (Å²) in [6.45, 7) is 5.99. The molecule has 0 aliphatic carbocycles. The van der Waals surface area contributed by atoms with Crippen LogP contribution < -0.4 is 16.0 Å². The molecule has 4 N–H and O–H groups in total. The van der Waals surface area contributed by atoms with Crippen molar-refractivity contribution in [2.75, 3.05) is 7.11 Å². The van der Waals surface area contributed by atoms with Gasteiger partial charge in [0, 0.05) is 30.2 Å². The highest BCUT2D eigenvalue weighted by Crippen LogP contribution is 2.45. The second-order valence-electron chi connectivity index (χ2n) is 12.4. The standard InChI is InChI=1S/C34H34O15/c1-11-9-10-17-20-18(11)31(40)48-28-19-15(24(37)22(21(20)28)32(41)46-17)7-6-8-16(19)47-34-30(25(38)23(36)12(2)43-34)49-33-26(39)29(42-5)27(13(3)44-33)45-14(4)35/h6-10,12-13,23,25-27,29-30,33-34,36-39H,1-5H3/t12-,13-,23+,25+,26-,27+,29-,30-,33-,34+/m1/s1. The number of aliphatic hydroxyl groups is 3. The monoisotopic (exact) mass is 682 g/mol.